The van der Waals surface area contributed by atoms with Crippen LogP contribution in [0.4, 0.5) is 0 Å². The fourth-order valence-corrected chi connectivity index (χ4v) is 3.69. The summed E-state index contributed by atoms with van der Waals surface area (Å²) in [5.74, 6) is 1.52. The maximum atomic E-state index is 6.04. The second-order valence-corrected chi connectivity index (χ2v) is 6.52. The zero-order valence-electron chi connectivity index (χ0n) is 12.7. The second kappa shape index (κ2) is 7.58. The van der Waals surface area contributed by atoms with Crippen LogP contribution in [0.2, 0.25) is 0 Å². The highest BCUT2D eigenvalue weighted by Crippen LogP contribution is 2.26. The molecule has 2 heterocycles. The summed E-state index contributed by atoms with van der Waals surface area (Å²) >= 11 is 0. The summed E-state index contributed by atoms with van der Waals surface area (Å²) in [5, 5.41) is 0. The van der Waals surface area contributed by atoms with Crippen LogP contribution in [-0.2, 0) is 4.74 Å². The molecule has 2 N–H and O–H groups in total. The largest absolute Gasteiger partial charge is 0.381 e. The molecule has 0 aromatic heterocycles. The molecule has 4 nitrogen and oxygen atoms in total. The lowest BCUT2D eigenvalue weighted by molar-refractivity contribution is 0.00130. The Morgan fingerprint density at radius 3 is 2.53 bits per heavy atom. The van der Waals surface area contributed by atoms with E-state index in [1.54, 1.807) is 0 Å². The minimum absolute atomic E-state index is 0.542. The van der Waals surface area contributed by atoms with Crippen LogP contribution in [0.25, 0.3) is 0 Å². The Labute approximate surface area is 118 Å². The Morgan fingerprint density at radius 2 is 2.00 bits per heavy atom. The Hall–Kier alpha value is -0.160. The fourth-order valence-electron chi connectivity index (χ4n) is 3.69. The normalized spacial score (nSPS) is 28.7. The Morgan fingerprint density at radius 1 is 1.26 bits per heavy atom. The van der Waals surface area contributed by atoms with Crippen LogP contribution in [-0.4, -0.2) is 69.3 Å². The van der Waals surface area contributed by atoms with Gasteiger partial charge in [0.05, 0.1) is 6.61 Å². The van der Waals surface area contributed by atoms with Gasteiger partial charge in [0.2, 0.25) is 0 Å². The summed E-state index contributed by atoms with van der Waals surface area (Å²) in [7, 11) is 4.35. The Bertz CT molecular complexity index is 246. The van der Waals surface area contributed by atoms with Crippen LogP contribution in [0.1, 0.15) is 25.7 Å². The number of nitrogens with zero attached hydrogens (tertiary/aromatic N) is 2. The summed E-state index contributed by atoms with van der Waals surface area (Å²) in [4.78, 5) is 4.95. The van der Waals surface area contributed by atoms with Crippen LogP contribution >= 0.6 is 0 Å². The van der Waals surface area contributed by atoms with E-state index in [2.05, 4.69) is 23.9 Å². The van der Waals surface area contributed by atoms with Crippen molar-refractivity contribution in [2.75, 3.05) is 53.5 Å². The number of piperidine rings is 1. The lowest BCUT2D eigenvalue weighted by Gasteiger charge is -2.42. The summed E-state index contributed by atoms with van der Waals surface area (Å²) in [6, 6.07) is 0.542. The van der Waals surface area contributed by atoms with E-state index < -0.39 is 0 Å². The quantitative estimate of drug-likeness (QED) is 0.809. The van der Waals surface area contributed by atoms with Gasteiger partial charge < -0.3 is 15.4 Å². The average Bonchev–Trinajstić information content (AvgIpc) is 2.42. The first kappa shape index (κ1) is 15.2. The third-order valence-corrected chi connectivity index (χ3v) is 4.72. The molecule has 2 unspecified atom stereocenters. The third-order valence-electron chi connectivity index (χ3n) is 4.72. The maximum absolute atomic E-state index is 6.04. The van der Waals surface area contributed by atoms with E-state index in [9.17, 15) is 0 Å². The highest BCUT2D eigenvalue weighted by atomic mass is 16.5. The molecule has 0 saturated carbocycles. The zero-order chi connectivity index (χ0) is 13.7. The van der Waals surface area contributed by atoms with E-state index in [1.807, 2.05) is 0 Å². The van der Waals surface area contributed by atoms with Gasteiger partial charge >= 0.3 is 0 Å². The molecular formula is C15H31N3O. The maximum Gasteiger partial charge on any atom is 0.0509 e. The van der Waals surface area contributed by atoms with Crippen molar-refractivity contribution in [1.29, 1.82) is 0 Å². The molecular weight excluding hydrogens is 238 g/mol. The predicted molar refractivity (Wildman–Crippen MR) is 79.2 cm³/mol. The van der Waals surface area contributed by atoms with Gasteiger partial charge in [-0.25, -0.2) is 0 Å². The molecule has 0 bridgehead atoms. The molecule has 0 spiro atoms. The van der Waals surface area contributed by atoms with Crippen molar-refractivity contribution in [3.63, 3.8) is 0 Å². The second-order valence-electron chi connectivity index (χ2n) is 6.52. The molecule has 2 rings (SSSR count). The minimum atomic E-state index is 0.542. The van der Waals surface area contributed by atoms with Gasteiger partial charge in [-0.3, -0.25) is 4.90 Å². The lowest BCUT2D eigenvalue weighted by Crippen LogP contribution is -2.51. The molecule has 2 saturated heterocycles. The molecule has 19 heavy (non-hydrogen) atoms. The molecule has 0 amide bonds. The monoisotopic (exact) mass is 269 g/mol. The summed E-state index contributed by atoms with van der Waals surface area (Å²) in [6.45, 7) is 6.31. The van der Waals surface area contributed by atoms with Crippen LogP contribution < -0.4 is 5.73 Å². The van der Waals surface area contributed by atoms with E-state index in [4.69, 9.17) is 10.5 Å². The van der Waals surface area contributed by atoms with Gasteiger partial charge in [-0.2, -0.15) is 0 Å². The molecule has 112 valence electrons. The molecule has 4 heteroatoms. The van der Waals surface area contributed by atoms with Crippen LogP contribution in [0, 0.1) is 11.8 Å². The molecule has 0 aromatic rings. The highest BCUT2D eigenvalue weighted by Gasteiger charge is 2.31. The van der Waals surface area contributed by atoms with Gasteiger partial charge in [0, 0.05) is 25.7 Å². The van der Waals surface area contributed by atoms with E-state index in [0.29, 0.717) is 12.0 Å². The molecule has 0 radical (unpaired) electrons. The van der Waals surface area contributed by atoms with Gasteiger partial charge in [-0.15, -0.1) is 0 Å². The van der Waals surface area contributed by atoms with Gasteiger partial charge in [0.1, 0.15) is 0 Å². The topological polar surface area (TPSA) is 41.7 Å². The molecule has 2 aliphatic heterocycles. The number of hydrogen-bond donors (Lipinski definition) is 1. The van der Waals surface area contributed by atoms with Crippen molar-refractivity contribution in [2.24, 2.45) is 17.6 Å². The van der Waals surface area contributed by atoms with Crippen LogP contribution in [0.5, 0.6) is 0 Å². The third kappa shape index (κ3) is 4.42. The molecule has 0 aromatic carbocycles. The van der Waals surface area contributed by atoms with E-state index in [0.717, 1.165) is 25.7 Å². The number of likely N-dealkylation sites (tertiary alicyclic amines) is 1. The zero-order valence-corrected chi connectivity index (χ0v) is 12.7. The SMILES string of the molecule is CN(C)CC1CCN(C(CN)C2CCCOC2)CC1. The van der Waals surface area contributed by atoms with Crippen molar-refractivity contribution in [2.45, 2.75) is 31.7 Å². The van der Waals surface area contributed by atoms with Crippen molar-refractivity contribution in [3.8, 4) is 0 Å². The van der Waals surface area contributed by atoms with Gasteiger partial charge in [0.25, 0.3) is 0 Å². The Balaban J connectivity index is 1.80. The lowest BCUT2D eigenvalue weighted by atomic mass is 9.89. The van der Waals surface area contributed by atoms with E-state index >= 15 is 0 Å². The molecule has 0 aliphatic carbocycles. The fraction of sp³-hybridized carbons (Fsp3) is 1.00. The van der Waals surface area contributed by atoms with Crippen molar-refractivity contribution < 1.29 is 4.74 Å². The van der Waals surface area contributed by atoms with E-state index in [1.165, 1.54) is 45.3 Å². The molecule has 2 atom stereocenters. The van der Waals surface area contributed by atoms with Gasteiger partial charge in [-0.1, -0.05) is 0 Å². The van der Waals surface area contributed by atoms with Crippen LogP contribution in [0.15, 0.2) is 0 Å². The molecule has 2 fully saturated rings. The first-order valence-electron chi connectivity index (χ1n) is 7.87. The summed E-state index contributed by atoms with van der Waals surface area (Å²) < 4.78 is 5.64. The van der Waals surface area contributed by atoms with Gasteiger partial charge in [-0.05, 0) is 64.7 Å². The average molecular weight is 269 g/mol. The van der Waals surface area contributed by atoms with E-state index in [-0.39, 0.29) is 0 Å². The number of hydrogen-bond acceptors (Lipinski definition) is 4. The highest BCUT2D eigenvalue weighted by molar-refractivity contribution is 4.85. The number of rotatable bonds is 5. The van der Waals surface area contributed by atoms with Crippen molar-refractivity contribution >= 4 is 0 Å². The minimum Gasteiger partial charge on any atom is -0.381 e. The number of nitrogens with two attached hydrogens (primary N) is 1. The van der Waals surface area contributed by atoms with Crippen LogP contribution in [0.3, 0.4) is 0 Å². The van der Waals surface area contributed by atoms with Crippen molar-refractivity contribution in [1.82, 2.24) is 9.80 Å². The predicted octanol–water partition coefficient (Wildman–Crippen LogP) is 1.01. The Kier molecular flexibility index (Phi) is 6.07. The first-order valence-corrected chi connectivity index (χ1v) is 7.87. The standard InChI is InChI=1S/C15H31N3O/c1-17(2)11-13-5-7-18(8-6-13)15(10-16)14-4-3-9-19-12-14/h13-15H,3-12,16H2,1-2H3. The number of ether oxygens (including phenoxy) is 1. The molecule has 2 aliphatic rings. The van der Waals surface area contributed by atoms with Crippen molar-refractivity contribution in [3.05, 3.63) is 0 Å². The first-order chi connectivity index (χ1) is 9.20. The summed E-state index contributed by atoms with van der Waals surface area (Å²) in [5.41, 5.74) is 6.04. The summed E-state index contributed by atoms with van der Waals surface area (Å²) in [6.07, 6.45) is 5.14. The smallest absolute Gasteiger partial charge is 0.0509 e. The van der Waals surface area contributed by atoms with Gasteiger partial charge in [0.15, 0.2) is 0 Å².